The number of ether oxygens (including phenoxy) is 3. The first-order valence-electron chi connectivity index (χ1n) is 13.3. The van der Waals surface area contributed by atoms with Crippen molar-refractivity contribution in [3.63, 3.8) is 0 Å². The fourth-order valence-corrected chi connectivity index (χ4v) is 6.98. The van der Waals surface area contributed by atoms with Crippen molar-refractivity contribution in [2.45, 2.75) is 75.8 Å². The lowest BCUT2D eigenvalue weighted by Crippen LogP contribution is -2.52. The van der Waals surface area contributed by atoms with Gasteiger partial charge in [0.1, 0.15) is 34.8 Å². The van der Waals surface area contributed by atoms with Crippen molar-refractivity contribution >= 4 is 45.1 Å². The molecule has 0 bridgehead atoms. The Kier molecular flexibility index (Phi) is 6.71. The van der Waals surface area contributed by atoms with E-state index in [1.165, 1.54) is 0 Å². The number of aliphatic imine (C=N–C) groups is 1. The van der Waals surface area contributed by atoms with Crippen molar-refractivity contribution in [3.05, 3.63) is 20.9 Å². The van der Waals surface area contributed by atoms with Crippen molar-refractivity contribution in [1.82, 2.24) is 14.7 Å². The Balaban J connectivity index is 1.32. The van der Waals surface area contributed by atoms with E-state index in [-0.39, 0.29) is 39.6 Å². The van der Waals surface area contributed by atoms with Crippen LogP contribution in [-0.2, 0) is 9.47 Å². The van der Waals surface area contributed by atoms with Gasteiger partial charge < -0.3 is 29.3 Å². The molecule has 5 aliphatic rings. The molecule has 1 aromatic rings. The van der Waals surface area contributed by atoms with Crippen LogP contribution in [0, 0.1) is 5.82 Å². The molecular formula is C26H33BrClF2N5O4. The zero-order valence-corrected chi connectivity index (χ0v) is 24.7. The van der Waals surface area contributed by atoms with Gasteiger partial charge in [-0.05, 0) is 56.1 Å². The Hall–Kier alpha value is -1.89. The number of likely N-dealkylation sites (tertiary alicyclic amines) is 1. The quantitative estimate of drug-likeness (QED) is 0.488. The maximum atomic E-state index is 15.6. The zero-order valence-electron chi connectivity index (χ0n) is 22.4. The number of benzene rings is 1. The molecule has 1 amide bonds. The third kappa shape index (κ3) is 4.64. The van der Waals surface area contributed by atoms with Gasteiger partial charge in [0.25, 0.3) is 0 Å². The second kappa shape index (κ2) is 9.60. The molecular weight excluding hydrogens is 600 g/mol. The summed E-state index contributed by atoms with van der Waals surface area (Å²) in [4.78, 5) is 23.3. The van der Waals surface area contributed by atoms with Gasteiger partial charge in [0.05, 0.1) is 35.4 Å². The molecule has 5 aliphatic heterocycles. The normalized spacial score (nSPS) is 31.6. The van der Waals surface area contributed by atoms with Crippen molar-refractivity contribution in [2.24, 2.45) is 4.99 Å². The second-order valence-electron chi connectivity index (χ2n) is 12.1. The predicted octanol–water partition coefficient (Wildman–Crippen LogP) is 4.60. The molecule has 9 nitrogen and oxygen atoms in total. The van der Waals surface area contributed by atoms with Crippen LogP contribution in [-0.4, -0.2) is 102 Å². The molecule has 6 rings (SSSR count). The van der Waals surface area contributed by atoms with Gasteiger partial charge in [-0.25, -0.2) is 13.6 Å². The van der Waals surface area contributed by atoms with Crippen LogP contribution in [0.25, 0.3) is 0 Å². The molecule has 5 heterocycles. The summed E-state index contributed by atoms with van der Waals surface area (Å²) in [5, 5.41) is 3.25. The highest BCUT2D eigenvalue weighted by molar-refractivity contribution is 9.10. The van der Waals surface area contributed by atoms with Crippen LogP contribution in [0.15, 0.2) is 9.47 Å². The number of carbonyl (C=O) groups excluding carboxylic acids is 1. The van der Waals surface area contributed by atoms with Crippen molar-refractivity contribution < 1.29 is 27.8 Å². The van der Waals surface area contributed by atoms with Gasteiger partial charge in [0.15, 0.2) is 11.6 Å². The number of rotatable bonds is 3. The van der Waals surface area contributed by atoms with E-state index in [1.54, 1.807) is 16.8 Å². The molecule has 13 heteroatoms. The van der Waals surface area contributed by atoms with Gasteiger partial charge in [-0.15, -0.1) is 0 Å². The third-order valence-corrected chi connectivity index (χ3v) is 9.51. The van der Waals surface area contributed by atoms with Gasteiger partial charge in [-0.3, -0.25) is 9.89 Å². The van der Waals surface area contributed by atoms with Crippen molar-refractivity contribution in [1.29, 1.82) is 0 Å². The SMILES string of the molecule is CN1C2=N[C@H]3CN(C(=O)OC(C)(C)C)CC3Oc3c(Cl)c(Br)c(F)c(c32)NC1OC[C@@]12CCCN1C[C@H](F)C2. The first kappa shape index (κ1) is 27.3. The molecule has 0 aromatic heterocycles. The fraction of sp³-hybridized carbons (Fsp3) is 0.692. The third-order valence-electron chi connectivity index (χ3n) is 8.18. The summed E-state index contributed by atoms with van der Waals surface area (Å²) in [6, 6.07) is -0.432. The van der Waals surface area contributed by atoms with Crippen LogP contribution in [0.5, 0.6) is 5.75 Å². The zero-order chi connectivity index (χ0) is 27.9. The monoisotopic (exact) mass is 631 g/mol. The number of nitrogens with zero attached hydrogens (tertiary/aromatic N) is 4. The van der Waals surface area contributed by atoms with Gasteiger partial charge in [0.2, 0.25) is 6.35 Å². The number of amides is 1. The number of hydrogen-bond donors (Lipinski definition) is 1. The average Bonchev–Trinajstić information content (AvgIpc) is 3.49. The van der Waals surface area contributed by atoms with Crippen molar-refractivity contribution in [2.75, 3.05) is 45.2 Å². The summed E-state index contributed by atoms with van der Waals surface area (Å²) in [5.74, 6) is 0.155. The molecule has 0 aliphatic carbocycles. The van der Waals surface area contributed by atoms with E-state index in [4.69, 9.17) is 30.8 Å². The summed E-state index contributed by atoms with van der Waals surface area (Å²) in [6.07, 6.45) is -0.305. The van der Waals surface area contributed by atoms with E-state index in [1.807, 2.05) is 20.8 Å². The average molecular weight is 633 g/mol. The second-order valence-corrected chi connectivity index (χ2v) is 13.2. The number of nitrogens with one attached hydrogen (secondary N) is 1. The van der Waals surface area contributed by atoms with Crippen LogP contribution >= 0.6 is 27.5 Å². The summed E-state index contributed by atoms with van der Waals surface area (Å²) in [6.45, 7) is 7.53. The Morgan fingerprint density at radius 3 is 2.85 bits per heavy atom. The molecule has 1 N–H and O–H groups in total. The van der Waals surface area contributed by atoms with Gasteiger partial charge in [-0.1, -0.05) is 11.6 Å². The molecule has 1 aromatic carbocycles. The van der Waals surface area contributed by atoms with Crippen LogP contribution in [0.4, 0.5) is 19.3 Å². The van der Waals surface area contributed by atoms with Crippen molar-refractivity contribution in [3.8, 4) is 5.75 Å². The molecule has 3 saturated heterocycles. The van der Waals surface area contributed by atoms with E-state index in [2.05, 4.69) is 26.1 Å². The minimum Gasteiger partial charge on any atom is -0.484 e. The molecule has 0 radical (unpaired) electrons. The largest absolute Gasteiger partial charge is 0.484 e. The lowest BCUT2D eigenvalue weighted by molar-refractivity contribution is -0.0458. The Morgan fingerprint density at radius 2 is 2.10 bits per heavy atom. The van der Waals surface area contributed by atoms with Gasteiger partial charge in [-0.2, -0.15) is 0 Å². The lowest BCUT2D eigenvalue weighted by atomic mass is 9.95. The predicted molar refractivity (Wildman–Crippen MR) is 146 cm³/mol. The number of anilines is 1. The smallest absolute Gasteiger partial charge is 0.410 e. The molecule has 0 spiro atoms. The highest BCUT2D eigenvalue weighted by Gasteiger charge is 2.50. The molecule has 3 fully saturated rings. The summed E-state index contributed by atoms with van der Waals surface area (Å²) < 4.78 is 48.3. The fourth-order valence-electron chi connectivity index (χ4n) is 6.38. The number of carbonyl (C=O) groups is 1. The first-order valence-corrected chi connectivity index (χ1v) is 14.5. The number of amidine groups is 1. The van der Waals surface area contributed by atoms with Crippen LogP contribution in [0.3, 0.4) is 0 Å². The Bertz CT molecular complexity index is 1230. The summed E-state index contributed by atoms with van der Waals surface area (Å²) in [7, 11) is 1.80. The number of alkyl halides is 1. The maximum Gasteiger partial charge on any atom is 0.410 e. The molecule has 214 valence electrons. The minimum absolute atomic E-state index is 0.0603. The van der Waals surface area contributed by atoms with Crippen LogP contribution in [0.1, 0.15) is 45.6 Å². The van der Waals surface area contributed by atoms with E-state index < -0.39 is 42.2 Å². The molecule has 39 heavy (non-hydrogen) atoms. The number of hydrogen-bond acceptors (Lipinski definition) is 8. The van der Waals surface area contributed by atoms with Crippen LogP contribution in [0.2, 0.25) is 5.02 Å². The van der Waals surface area contributed by atoms with E-state index in [9.17, 15) is 9.18 Å². The lowest BCUT2D eigenvalue weighted by Gasteiger charge is -2.40. The Labute approximate surface area is 239 Å². The highest BCUT2D eigenvalue weighted by Crippen LogP contribution is 2.48. The minimum atomic E-state index is -0.875. The van der Waals surface area contributed by atoms with E-state index in [0.717, 1.165) is 19.4 Å². The topological polar surface area (TPSA) is 78.9 Å². The Morgan fingerprint density at radius 1 is 1.33 bits per heavy atom. The maximum absolute atomic E-state index is 15.6. The summed E-state index contributed by atoms with van der Waals surface area (Å²) in [5.41, 5.74) is -0.419. The highest BCUT2D eigenvalue weighted by atomic mass is 79.9. The van der Waals surface area contributed by atoms with E-state index >= 15 is 4.39 Å². The number of halogens is 4. The number of fused-ring (bicyclic) bond motifs is 2. The molecule has 5 atom stereocenters. The molecule has 2 unspecified atom stereocenters. The standard InChI is InChI=1S/C26H33BrClF2N5O4/c1-25(2,3)39-24(36)34-10-14-15(11-34)38-21-16-20(19(30)17(27)18(21)28)32-23(33(4)22(16)31-14)37-12-26-6-5-7-35(26)9-13(29)8-26/h13-15,23,32H,5-12H2,1-4H3/t13-,14+,15?,23?,26+/m1/s1. The van der Waals surface area contributed by atoms with Gasteiger partial charge in [0, 0.05) is 25.6 Å². The first-order chi connectivity index (χ1) is 18.4. The van der Waals surface area contributed by atoms with E-state index in [0.29, 0.717) is 31.0 Å². The summed E-state index contributed by atoms with van der Waals surface area (Å²) >= 11 is 9.87. The molecule has 0 saturated carbocycles. The van der Waals surface area contributed by atoms with Crippen LogP contribution < -0.4 is 10.1 Å². The van der Waals surface area contributed by atoms with Gasteiger partial charge >= 0.3 is 6.09 Å².